The van der Waals surface area contributed by atoms with Crippen LogP contribution in [0, 0.1) is 13.8 Å². The quantitative estimate of drug-likeness (QED) is 0.497. The molecule has 0 aliphatic heterocycles. The Kier molecular flexibility index (Phi) is 7.09. The Bertz CT molecular complexity index is 803. The number of aliphatic hydroxyl groups is 2. The maximum atomic E-state index is 13.0. The first-order valence-corrected chi connectivity index (χ1v) is 8.82. The summed E-state index contributed by atoms with van der Waals surface area (Å²) in [5.74, 6) is 0.0744. The van der Waals surface area contributed by atoms with Crippen molar-refractivity contribution in [1.29, 1.82) is 0 Å². The number of aromatic nitrogens is 2. The number of aliphatic imine (C=N–C) groups is 1. The molecule has 0 radical (unpaired) electrons. The van der Waals surface area contributed by atoms with Crippen LogP contribution in [-0.4, -0.2) is 52.1 Å². The highest BCUT2D eigenvalue weighted by molar-refractivity contribution is 5.97. The summed E-state index contributed by atoms with van der Waals surface area (Å²) < 4.78 is 0. The fourth-order valence-electron chi connectivity index (χ4n) is 2.80. The molecule has 0 bridgehead atoms. The van der Waals surface area contributed by atoms with Crippen molar-refractivity contribution in [3.63, 3.8) is 0 Å². The first kappa shape index (κ1) is 20.6. The summed E-state index contributed by atoms with van der Waals surface area (Å²) in [5.41, 5.74) is 9.51. The van der Waals surface area contributed by atoms with Gasteiger partial charge in [0.2, 0.25) is 5.91 Å². The van der Waals surface area contributed by atoms with E-state index in [1.54, 1.807) is 4.90 Å². The molecule has 27 heavy (non-hydrogen) atoms. The topological polar surface area (TPSA) is 128 Å². The molecule has 1 heterocycles. The van der Waals surface area contributed by atoms with Gasteiger partial charge in [-0.1, -0.05) is 0 Å². The molecular formula is C19H27N5O3. The van der Waals surface area contributed by atoms with Gasteiger partial charge in [-0.05, 0) is 56.7 Å². The lowest BCUT2D eigenvalue weighted by Crippen LogP contribution is -2.35. The second kappa shape index (κ2) is 9.29. The Morgan fingerprint density at radius 3 is 2.67 bits per heavy atom. The van der Waals surface area contributed by atoms with E-state index < -0.39 is 6.10 Å². The van der Waals surface area contributed by atoms with Gasteiger partial charge in [0.15, 0.2) is 5.95 Å². The van der Waals surface area contributed by atoms with Crippen LogP contribution in [0.5, 0.6) is 0 Å². The van der Waals surface area contributed by atoms with Crippen molar-refractivity contribution in [2.45, 2.75) is 39.2 Å². The first-order valence-electron chi connectivity index (χ1n) is 8.82. The van der Waals surface area contributed by atoms with Crippen LogP contribution in [0.25, 0.3) is 0 Å². The molecule has 1 amide bonds. The fraction of sp³-hybridized carbons (Fsp3) is 0.421. The van der Waals surface area contributed by atoms with Crippen LogP contribution in [0.1, 0.15) is 29.7 Å². The summed E-state index contributed by atoms with van der Waals surface area (Å²) >= 11 is 0. The molecule has 146 valence electrons. The van der Waals surface area contributed by atoms with Crippen molar-refractivity contribution in [2.75, 3.05) is 23.8 Å². The summed E-state index contributed by atoms with van der Waals surface area (Å²) in [6.07, 6.45) is 1.52. The maximum Gasteiger partial charge on any atom is 0.233 e. The number of carbonyl (C=O) groups excluding carboxylic acids is 1. The summed E-state index contributed by atoms with van der Waals surface area (Å²) in [6, 6.07) is 3.78. The lowest BCUT2D eigenvalue weighted by Gasteiger charge is -2.26. The SMILES string of the molecule is C=Nc1cc(C)c(C)cc1N(CCC(O)CCO)C(=O)Cc1cnc(N)[nH]1. The normalized spacial score (nSPS) is 12.0. The highest BCUT2D eigenvalue weighted by Crippen LogP contribution is 2.32. The summed E-state index contributed by atoms with van der Waals surface area (Å²) in [6.45, 7) is 7.73. The van der Waals surface area contributed by atoms with E-state index >= 15 is 0 Å². The molecule has 1 aromatic heterocycles. The van der Waals surface area contributed by atoms with Gasteiger partial charge in [-0.2, -0.15) is 0 Å². The van der Waals surface area contributed by atoms with E-state index in [4.69, 9.17) is 10.8 Å². The molecule has 0 saturated carbocycles. The zero-order chi connectivity index (χ0) is 20.0. The maximum absolute atomic E-state index is 13.0. The highest BCUT2D eigenvalue weighted by atomic mass is 16.3. The molecule has 2 rings (SSSR count). The minimum atomic E-state index is -0.695. The van der Waals surface area contributed by atoms with Crippen LogP contribution in [0.15, 0.2) is 23.3 Å². The Hall–Kier alpha value is -2.71. The van der Waals surface area contributed by atoms with Gasteiger partial charge in [-0.3, -0.25) is 9.79 Å². The van der Waals surface area contributed by atoms with Crippen molar-refractivity contribution >= 4 is 29.9 Å². The number of amides is 1. The number of benzene rings is 1. The third-order valence-electron chi connectivity index (χ3n) is 4.49. The van der Waals surface area contributed by atoms with E-state index in [0.29, 0.717) is 23.5 Å². The lowest BCUT2D eigenvalue weighted by molar-refractivity contribution is -0.118. The number of hydrogen-bond donors (Lipinski definition) is 4. The molecule has 0 saturated heterocycles. The van der Waals surface area contributed by atoms with Crippen molar-refractivity contribution < 1.29 is 15.0 Å². The van der Waals surface area contributed by atoms with E-state index in [0.717, 1.165) is 11.1 Å². The van der Waals surface area contributed by atoms with Gasteiger partial charge in [0.1, 0.15) is 0 Å². The third-order valence-corrected chi connectivity index (χ3v) is 4.49. The first-order chi connectivity index (χ1) is 12.8. The number of nitrogen functional groups attached to an aromatic ring is 1. The predicted molar refractivity (Wildman–Crippen MR) is 107 cm³/mol. The minimum absolute atomic E-state index is 0.0871. The Morgan fingerprint density at radius 1 is 1.37 bits per heavy atom. The smallest absolute Gasteiger partial charge is 0.233 e. The van der Waals surface area contributed by atoms with E-state index in [1.807, 2.05) is 26.0 Å². The van der Waals surface area contributed by atoms with Crippen LogP contribution in [0.3, 0.4) is 0 Å². The molecule has 1 atom stereocenters. The molecule has 0 aliphatic carbocycles. The number of nitrogens with zero attached hydrogens (tertiary/aromatic N) is 3. The molecule has 0 fully saturated rings. The van der Waals surface area contributed by atoms with Crippen LogP contribution < -0.4 is 10.6 Å². The highest BCUT2D eigenvalue weighted by Gasteiger charge is 2.21. The van der Waals surface area contributed by atoms with E-state index in [9.17, 15) is 9.90 Å². The zero-order valence-corrected chi connectivity index (χ0v) is 15.8. The van der Waals surface area contributed by atoms with Crippen LogP contribution in [-0.2, 0) is 11.2 Å². The number of nitrogens with one attached hydrogen (secondary N) is 1. The van der Waals surface area contributed by atoms with E-state index in [-0.39, 0.29) is 37.8 Å². The third kappa shape index (κ3) is 5.38. The summed E-state index contributed by atoms with van der Waals surface area (Å²) in [4.78, 5) is 25.4. The van der Waals surface area contributed by atoms with Gasteiger partial charge in [-0.25, -0.2) is 4.98 Å². The van der Waals surface area contributed by atoms with E-state index in [1.165, 1.54) is 6.20 Å². The zero-order valence-electron chi connectivity index (χ0n) is 15.8. The van der Waals surface area contributed by atoms with Crippen molar-refractivity contribution in [3.8, 4) is 0 Å². The van der Waals surface area contributed by atoms with Gasteiger partial charge in [0.25, 0.3) is 0 Å². The van der Waals surface area contributed by atoms with Gasteiger partial charge in [0.05, 0.1) is 30.1 Å². The summed E-state index contributed by atoms with van der Waals surface area (Å²) in [5, 5.41) is 19.0. The van der Waals surface area contributed by atoms with Gasteiger partial charge < -0.3 is 25.8 Å². The van der Waals surface area contributed by atoms with Gasteiger partial charge >= 0.3 is 0 Å². The number of aromatic amines is 1. The van der Waals surface area contributed by atoms with Crippen molar-refractivity contribution in [1.82, 2.24) is 9.97 Å². The van der Waals surface area contributed by atoms with Crippen LogP contribution in [0.2, 0.25) is 0 Å². The standard InChI is InChI=1S/C19H27N5O3/c1-12-8-16(21-3)17(9-13(12)2)24(6-4-15(26)5-7-25)18(27)10-14-11-22-19(20)23-14/h8-9,11,15,25-26H,3-7,10H2,1-2H3,(H3,20,22,23). The number of rotatable bonds is 9. The fourth-order valence-corrected chi connectivity index (χ4v) is 2.80. The molecular weight excluding hydrogens is 346 g/mol. The van der Waals surface area contributed by atoms with Crippen LogP contribution in [0.4, 0.5) is 17.3 Å². The largest absolute Gasteiger partial charge is 0.396 e. The number of imidazole rings is 1. The molecule has 8 heteroatoms. The molecule has 2 aromatic rings. The Morgan fingerprint density at radius 2 is 2.07 bits per heavy atom. The number of H-pyrrole nitrogens is 1. The average Bonchev–Trinajstić information content (AvgIpc) is 3.02. The van der Waals surface area contributed by atoms with E-state index in [2.05, 4.69) is 21.7 Å². The molecule has 1 unspecified atom stereocenters. The van der Waals surface area contributed by atoms with Gasteiger partial charge in [-0.15, -0.1) is 0 Å². The Labute approximate surface area is 158 Å². The number of carbonyl (C=O) groups is 1. The number of hydrogen-bond acceptors (Lipinski definition) is 6. The molecule has 1 aromatic carbocycles. The molecule has 8 nitrogen and oxygen atoms in total. The van der Waals surface area contributed by atoms with Crippen LogP contribution >= 0.6 is 0 Å². The predicted octanol–water partition coefficient (Wildman–Crippen LogP) is 1.65. The average molecular weight is 373 g/mol. The molecule has 0 aliphatic rings. The lowest BCUT2D eigenvalue weighted by atomic mass is 10.1. The molecule has 5 N–H and O–H groups in total. The van der Waals surface area contributed by atoms with Crippen molar-refractivity contribution in [3.05, 3.63) is 35.2 Å². The Balaban J connectivity index is 2.32. The number of aryl methyl sites for hydroxylation is 2. The number of nitrogens with two attached hydrogens (primary N) is 1. The number of anilines is 2. The monoisotopic (exact) mass is 373 g/mol. The molecule has 0 spiro atoms. The minimum Gasteiger partial charge on any atom is -0.396 e. The summed E-state index contributed by atoms with van der Waals surface area (Å²) in [7, 11) is 0. The second-order valence-corrected chi connectivity index (χ2v) is 6.55. The van der Waals surface area contributed by atoms with Crippen molar-refractivity contribution in [2.24, 2.45) is 4.99 Å². The second-order valence-electron chi connectivity index (χ2n) is 6.55. The van der Waals surface area contributed by atoms with Gasteiger partial charge in [0, 0.05) is 18.8 Å². The number of aliphatic hydroxyl groups excluding tert-OH is 2.